The predicted octanol–water partition coefficient (Wildman–Crippen LogP) is 5.95. The smallest absolute Gasteiger partial charge is 0.295 e. The van der Waals surface area contributed by atoms with Crippen molar-refractivity contribution in [3.05, 3.63) is 94.0 Å². The van der Waals surface area contributed by atoms with Crippen LogP contribution in [0.1, 0.15) is 98.7 Å². The van der Waals surface area contributed by atoms with E-state index in [1.165, 1.54) is 0 Å². The maximum absolute atomic E-state index is 14.1. The van der Waals surface area contributed by atoms with Crippen LogP contribution in [0.25, 0.3) is 22.1 Å². The molecule has 0 spiro atoms. The Morgan fingerprint density at radius 3 is 2.20 bits per heavy atom. The van der Waals surface area contributed by atoms with E-state index in [4.69, 9.17) is 35.0 Å². The van der Waals surface area contributed by atoms with E-state index in [2.05, 4.69) is 59.5 Å². The van der Waals surface area contributed by atoms with Crippen molar-refractivity contribution in [3.8, 4) is 0 Å². The number of rotatable bonds is 18. The molecule has 350 valence electrons. The number of primary amides is 2. The molecule has 1 aliphatic rings. The van der Waals surface area contributed by atoms with Crippen LogP contribution in [-0.4, -0.2) is 104 Å². The highest BCUT2D eigenvalue weighted by Gasteiger charge is 2.37. The number of ether oxygens (including phenoxy) is 1. The molecule has 6 aromatic rings. The van der Waals surface area contributed by atoms with E-state index in [-0.39, 0.29) is 46.9 Å². The average Bonchev–Trinajstić information content (AvgIpc) is 4.02. The van der Waals surface area contributed by atoms with Crippen LogP contribution in [-0.2, 0) is 41.8 Å². The number of oxazole rings is 1. The number of anilines is 2. The van der Waals surface area contributed by atoms with E-state index in [1.807, 2.05) is 35.1 Å². The number of nitrogens with zero attached hydrogens (tertiary/aromatic N) is 8. The maximum atomic E-state index is 14.1. The van der Waals surface area contributed by atoms with E-state index in [9.17, 15) is 19.2 Å². The van der Waals surface area contributed by atoms with Crippen LogP contribution in [0.15, 0.2) is 53.0 Å². The lowest BCUT2D eigenvalue weighted by molar-refractivity contribution is 0.0343. The third kappa shape index (κ3) is 10.5. The molecule has 6 N–H and O–H groups in total. The van der Waals surface area contributed by atoms with Gasteiger partial charge in [-0.1, -0.05) is 39.8 Å². The van der Waals surface area contributed by atoms with Crippen LogP contribution < -0.4 is 22.1 Å². The number of carbonyl (C=O) groups is 4. The van der Waals surface area contributed by atoms with Gasteiger partial charge in [0.1, 0.15) is 5.69 Å². The molecule has 0 saturated carbocycles. The van der Waals surface area contributed by atoms with Gasteiger partial charge in [-0.05, 0) is 79.9 Å². The molecule has 20 heteroatoms. The summed E-state index contributed by atoms with van der Waals surface area (Å²) in [7, 11) is -1.94. The van der Waals surface area contributed by atoms with E-state index < -0.39 is 31.9 Å². The zero-order valence-corrected chi connectivity index (χ0v) is 40.0. The largest absolute Gasteiger partial charge is 0.436 e. The Morgan fingerprint density at radius 1 is 0.864 bits per heavy atom. The summed E-state index contributed by atoms with van der Waals surface area (Å²) in [5, 5.41) is 10.6. The van der Waals surface area contributed by atoms with Crippen molar-refractivity contribution < 1.29 is 32.8 Å². The Hall–Kier alpha value is -6.48. The van der Waals surface area contributed by atoms with Crippen molar-refractivity contribution in [2.75, 3.05) is 43.5 Å². The lowest BCUT2D eigenvalue weighted by Gasteiger charge is -2.36. The van der Waals surface area contributed by atoms with Gasteiger partial charge in [-0.2, -0.15) is 5.10 Å². The molecule has 4 aromatic heterocycles. The Balaban J connectivity index is 1.20. The number of carbonyl (C=O) groups excluding carboxylic acids is 4. The average molecular weight is 921 g/mol. The molecular formula is C46H60N12O7Si. The summed E-state index contributed by atoms with van der Waals surface area (Å²) < 4.78 is 23.1. The van der Waals surface area contributed by atoms with Crippen molar-refractivity contribution >= 4 is 65.9 Å². The van der Waals surface area contributed by atoms with Gasteiger partial charge in [-0.15, -0.1) is 0 Å². The van der Waals surface area contributed by atoms with Crippen molar-refractivity contribution in [1.29, 1.82) is 0 Å². The number of benzene rings is 2. The molecular weight excluding hydrogens is 861 g/mol. The van der Waals surface area contributed by atoms with Gasteiger partial charge in [0, 0.05) is 63.9 Å². The van der Waals surface area contributed by atoms with E-state index >= 15 is 0 Å². The predicted molar refractivity (Wildman–Crippen MR) is 253 cm³/mol. The highest BCUT2D eigenvalue weighted by atomic mass is 28.4. The molecule has 19 nitrogen and oxygen atoms in total. The highest BCUT2D eigenvalue weighted by molar-refractivity contribution is 6.74. The SMILES string of the molecule is CCc1nc(C)oc1C(=O)Nc1nc2cc(C(N)=O)cc(CN3CCOCC3)c2n1C/C=C/Cn1c(NC(=O)c2cc(C)nn2CCCO[Si](C)(C)C(C)(C)C)nc2cc(C(N)=O)ccc21. The first kappa shape index (κ1) is 47.5. The summed E-state index contributed by atoms with van der Waals surface area (Å²) >= 11 is 0. The summed E-state index contributed by atoms with van der Waals surface area (Å²) in [6.07, 6.45) is 4.97. The van der Waals surface area contributed by atoms with Crippen LogP contribution >= 0.6 is 0 Å². The van der Waals surface area contributed by atoms with Gasteiger partial charge in [0.25, 0.3) is 11.8 Å². The van der Waals surface area contributed by atoms with Crippen LogP contribution in [0.2, 0.25) is 18.1 Å². The molecule has 2 aromatic carbocycles. The first-order valence-electron chi connectivity index (χ1n) is 22.2. The fourth-order valence-corrected chi connectivity index (χ4v) is 8.77. The van der Waals surface area contributed by atoms with Crippen LogP contribution in [0, 0.1) is 13.8 Å². The van der Waals surface area contributed by atoms with E-state index in [0.717, 1.165) is 5.56 Å². The van der Waals surface area contributed by atoms with E-state index in [0.29, 0.717) is 104 Å². The molecule has 7 rings (SSSR count). The minimum Gasteiger partial charge on any atom is -0.436 e. The van der Waals surface area contributed by atoms with Crippen molar-refractivity contribution in [1.82, 2.24) is 38.8 Å². The molecule has 0 aliphatic carbocycles. The molecule has 4 amide bonds. The third-order valence-electron chi connectivity index (χ3n) is 12.2. The first-order valence-corrected chi connectivity index (χ1v) is 25.1. The van der Waals surface area contributed by atoms with Gasteiger partial charge in [-0.25, -0.2) is 15.0 Å². The summed E-state index contributed by atoms with van der Waals surface area (Å²) in [4.78, 5) is 68.8. The van der Waals surface area contributed by atoms with Crippen LogP contribution in [0.5, 0.6) is 0 Å². The molecule has 0 atom stereocenters. The zero-order chi connectivity index (χ0) is 47.5. The van der Waals surface area contributed by atoms with E-state index in [1.54, 1.807) is 48.0 Å². The second-order valence-electron chi connectivity index (χ2n) is 18.0. The monoisotopic (exact) mass is 920 g/mol. The Morgan fingerprint density at radius 2 is 1.52 bits per heavy atom. The second-order valence-corrected chi connectivity index (χ2v) is 22.8. The van der Waals surface area contributed by atoms with Gasteiger partial charge < -0.3 is 34.2 Å². The fraction of sp³-hybridized carbons (Fsp3) is 0.435. The van der Waals surface area contributed by atoms with Crippen molar-refractivity contribution in [2.45, 2.75) is 98.7 Å². The summed E-state index contributed by atoms with van der Waals surface area (Å²) in [5.74, 6) is -1.21. The van der Waals surface area contributed by atoms with Gasteiger partial charge in [-0.3, -0.25) is 39.4 Å². The number of aryl methyl sites for hydroxylation is 4. The number of morpholine rings is 1. The zero-order valence-electron chi connectivity index (χ0n) is 39.0. The van der Waals surface area contributed by atoms with Gasteiger partial charge in [0.2, 0.25) is 29.5 Å². The molecule has 5 heterocycles. The number of nitrogens with one attached hydrogen (secondary N) is 2. The number of allylic oxidation sites excluding steroid dienone is 2. The normalized spacial score (nSPS) is 13.9. The number of hydrogen-bond donors (Lipinski definition) is 4. The van der Waals surface area contributed by atoms with Gasteiger partial charge >= 0.3 is 0 Å². The maximum Gasteiger partial charge on any atom is 0.295 e. The Kier molecular flexibility index (Phi) is 14.1. The molecule has 66 heavy (non-hydrogen) atoms. The Labute approximate surface area is 384 Å². The number of hydrogen-bond acceptors (Lipinski definition) is 12. The van der Waals surface area contributed by atoms with Crippen LogP contribution in [0.4, 0.5) is 11.9 Å². The molecule has 1 fully saturated rings. The fourth-order valence-electron chi connectivity index (χ4n) is 7.68. The minimum atomic E-state index is -1.94. The molecule has 1 saturated heterocycles. The summed E-state index contributed by atoms with van der Waals surface area (Å²) in [6.45, 7) is 20.9. The molecule has 1 aliphatic heterocycles. The van der Waals surface area contributed by atoms with Gasteiger partial charge in [0.05, 0.1) is 46.7 Å². The topological polar surface area (TPSA) is 246 Å². The minimum absolute atomic E-state index is 0.0784. The van der Waals surface area contributed by atoms with Crippen LogP contribution in [0.3, 0.4) is 0 Å². The summed E-state index contributed by atoms with van der Waals surface area (Å²) in [6, 6.07) is 10.1. The number of aromatic nitrogens is 7. The Bertz CT molecular complexity index is 2820. The van der Waals surface area contributed by atoms with Crippen molar-refractivity contribution in [2.24, 2.45) is 11.5 Å². The standard InChI is InChI=1S/C46H60N12O7Si/c1-9-33-39(65-29(3)49-33)43(62)53-45-51-35-26-31(41(48)60)24-32(27-55-18-21-63-22-19-55)38(35)57(45)16-11-10-15-56-36-14-13-30(40(47)59)25-34(36)50-44(56)52-42(61)37-23-28(2)54-58(37)17-12-20-64-66(7,8)46(4,5)6/h10-11,13-14,23-26H,9,12,15-22,27H2,1-8H3,(H2,47,59)(H2,48,60)(H,50,52,61)(H,51,53,62)/b11-10+. The number of fused-ring (bicyclic) bond motifs is 2. The van der Waals surface area contributed by atoms with Gasteiger partial charge in [0.15, 0.2) is 14.2 Å². The second kappa shape index (κ2) is 19.5. The summed E-state index contributed by atoms with van der Waals surface area (Å²) in [5.41, 5.74) is 16.7. The lowest BCUT2D eigenvalue weighted by atomic mass is 10.1. The first-order chi connectivity index (χ1) is 31.3. The quantitative estimate of drug-likeness (QED) is 0.0444. The van der Waals surface area contributed by atoms with Crippen molar-refractivity contribution in [3.63, 3.8) is 0 Å². The third-order valence-corrected chi connectivity index (χ3v) is 16.7. The number of imidazole rings is 2. The molecule has 0 bridgehead atoms. The highest BCUT2D eigenvalue weighted by Crippen LogP contribution is 2.36. The molecule has 0 unspecified atom stereocenters. The number of amides is 4. The lowest BCUT2D eigenvalue weighted by Crippen LogP contribution is -2.41. The number of nitrogens with two attached hydrogens (primary N) is 2. The molecule has 0 radical (unpaired) electrons.